The van der Waals surface area contributed by atoms with Crippen molar-refractivity contribution in [3.05, 3.63) is 33.9 Å². The van der Waals surface area contributed by atoms with E-state index in [-0.39, 0.29) is 24.0 Å². The van der Waals surface area contributed by atoms with Crippen molar-refractivity contribution in [1.82, 2.24) is 4.90 Å². The van der Waals surface area contributed by atoms with Crippen LogP contribution in [0, 0.1) is 17.0 Å². The molecule has 0 radical (unpaired) electrons. The molecule has 2 rings (SSSR count). The summed E-state index contributed by atoms with van der Waals surface area (Å²) in [4.78, 5) is 35.4. The van der Waals surface area contributed by atoms with Crippen LogP contribution in [0.3, 0.4) is 0 Å². The molecule has 2 amide bonds. The molecule has 1 aliphatic heterocycles. The molecular weight excluding hydrogens is 274 g/mol. The van der Waals surface area contributed by atoms with Crippen molar-refractivity contribution in [2.45, 2.75) is 26.2 Å². The first-order chi connectivity index (χ1) is 9.97. The van der Waals surface area contributed by atoms with Crippen LogP contribution in [0.1, 0.15) is 24.8 Å². The van der Waals surface area contributed by atoms with Gasteiger partial charge in [0.05, 0.1) is 11.5 Å². The zero-order chi connectivity index (χ0) is 15.4. The standard InChI is InChI=1S/C14H17N3O4/c1-10-5-6-11(8-12(10)17(20)21)15-13(18)9-16-7-3-2-4-14(16)19/h5-6,8H,2-4,7,9H2,1H3,(H,15,18). The second kappa shape index (κ2) is 6.34. The number of aryl methyl sites for hydroxylation is 1. The van der Waals surface area contributed by atoms with Crippen molar-refractivity contribution in [3.8, 4) is 0 Å². The van der Waals surface area contributed by atoms with Crippen LogP contribution in [-0.4, -0.2) is 34.7 Å². The Morgan fingerprint density at radius 3 is 2.86 bits per heavy atom. The maximum atomic E-state index is 11.9. The minimum atomic E-state index is -0.487. The molecule has 1 heterocycles. The summed E-state index contributed by atoms with van der Waals surface area (Å²) in [5, 5.41) is 13.5. The number of amides is 2. The van der Waals surface area contributed by atoms with Gasteiger partial charge in [-0.25, -0.2) is 0 Å². The summed E-state index contributed by atoms with van der Waals surface area (Å²) in [6.45, 7) is 2.21. The molecule has 0 saturated carbocycles. The van der Waals surface area contributed by atoms with Crippen LogP contribution in [0.25, 0.3) is 0 Å². The molecule has 1 aliphatic rings. The number of likely N-dealkylation sites (tertiary alicyclic amines) is 1. The number of anilines is 1. The minimum Gasteiger partial charge on any atom is -0.333 e. The molecule has 1 fully saturated rings. The van der Waals surface area contributed by atoms with Crippen LogP contribution >= 0.6 is 0 Å². The summed E-state index contributed by atoms with van der Waals surface area (Å²) < 4.78 is 0. The fraction of sp³-hybridized carbons (Fsp3) is 0.429. The van der Waals surface area contributed by atoms with E-state index in [9.17, 15) is 19.7 Å². The summed E-state index contributed by atoms with van der Waals surface area (Å²) in [7, 11) is 0. The van der Waals surface area contributed by atoms with Crippen LogP contribution in [0.15, 0.2) is 18.2 Å². The summed E-state index contributed by atoms with van der Waals surface area (Å²) in [6, 6.07) is 4.52. The summed E-state index contributed by atoms with van der Waals surface area (Å²) in [5.41, 5.74) is 0.854. The first kappa shape index (κ1) is 15.0. The van der Waals surface area contributed by atoms with E-state index in [1.165, 1.54) is 11.0 Å². The van der Waals surface area contributed by atoms with E-state index in [0.717, 1.165) is 12.8 Å². The van der Waals surface area contributed by atoms with E-state index in [0.29, 0.717) is 24.2 Å². The van der Waals surface area contributed by atoms with E-state index >= 15 is 0 Å². The molecule has 0 aromatic heterocycles. The molecule has 7 nitrogen and oxygen atoms in total. The molecule has 0 unspecified atom stereocenters. The molecule has 0 aliphatic carbocycles. The molecule has 1 saturated heterocycles. The third-order valence-electron chi connectivity index (χ3n) is 3.45. The molecule has 21 heavy (non-hydrogen) atoms. The molecule has 7 heteroatoms. The average Bonchev–Trinajstić information content (AvgIpc) is 2.43. The van der Waals surface area contributed by atoms with Crippen LogP contribution in [0.4, 0.5) is 11.4 Å². The van der Waals surface area contributed by atoms with Crippen molar-refractivity contribution in [1.29, 1.82) is 0 Å². The van der Waals surface area contributed by atoms with Gasteiger partial charge < -0.3 is 10.2 Å². The summed E-state index contributed by atoms with van der Waals surface area (Å²) >= 11 is 0. The lowest BCUT2D eigenvalue weighted by molar-refractivity contribution is -0.385. The third kappa shape index (κ3) is 3.77. The lowest BCUT2D eigenvalue weighted by Crippen LogP contribution is -2.40. The van der Waals surface area contributed by atoms with Gasteiger partial charge in [0.1, 0.15) is 0 Å². The number of hydrogen-bond donors (Lipinski definition) is 1. The number of carbonyl (C=O) groups is 2. The quantitative estimate of drug-likeness (QED) is 0.676. The Labute approximate surface area is 122 Å². The van der Waals surface area contributed by atoms with Gasteiger partial charge in [-0.15, -0.1) is 0 Å². The van der Waals surface area contributed by atoms with Gasteiger partial charge in [0.15, 0.2) is 0 Å². The maximum absolute atomic E-state index is 11.9. The summed E-state index contributed by atoms with van der Waals surface area (Å²) in [6.07, 6.45) is 2.24. The van der Waals surface area contributed by atoms with Crippen LogP contribution < -0.4 is 5.32 Å². The van der Waals surface area contributed by atoms with E-state index < -0.39 is 4.92 Å². The lowest BCUT2D eigenvalue weighted by atomic mass is 10.1. The summed E-state index contributed by atoms with van der Waals surface area (Å²) in [5.74, 6) is -0.366. The zero-order valence-corrected chi connectivity index (χ0v) is 11.8. The van der Waals surface area contributed by atoms with Crippen molar-refractivity contribution in [2.75, 3.05) is 18.4 Å². The number of rotatable bonds is 4. The van der Waals surface area contributed by atoms with Crippen molar-refractivity contribution < 1.29 is 14.5 Å². The van der Waals surface area contributed by atoms with Gasteiger partial charge in [-0.05, 0) is 25.8 Å². The predicted octanol–water partition coefficient (Wildman–Crippen LogP) is 1.85. The SMILES string of the molecule is Cc1ccc(NC(=O)CN2CCCCC2=O)cc1[N+](=O)[O-]. The van der Waals surface area contributed by atoms with E-state index in [4.69, 9.17) is 0 Å². The number of hydrogen-bond acceptors (Lipinski definition) is 4. The number of piperidine rings is 1. The van der Waals surface area contributed by atoms with Gasteiger partial charge in [0.2, 0.25) is 11.8 Å². The molecule has 112 valence electrons. The van der Waals surface area contributed by atoms with Gasteiger partial charge in [0, 0.05) is 30.3 Å². The fourth-order valence-electron chi connectivity index (χ4n) is 2.29. The third-order valence-corrected chi connectivity index (χ3v) is 3.45. The molecule has 1 aromatic rings. The monoisotopic (exact) mass is 291 g/mol. The fourth-order valence-corrected chi connectivity index (χ4v) is 2.29. The van der Waals surface area contributed by atoms with E-state index in [1.54, 1.807) is 19.1 Å². The van der Waals surface area contributed by atoms with Crippen molar-refractivity contribution in [2.24, 2.45) is 0 Å². The van der Waals surface area contributed by atoms with Gasteiger partial charge in [0.25, 0.3) is 5.69 Å². The van der Waals surface area contributed by atoms with E-state index in [2.05, 4.69) is 5.32 Å². The molecule has 0 bridgehead atoms. The molecule has 1 N–H and O–H groups in total. The number of nitro groups is 1. The van der Waals surface area contributed by atoms with Gasteiger partial charge >= 0.3 is 0 Å². The Morgan fingerprint density at radius 2 is 2.19 bits per heavy atom. The Hall–Kier alpha value is -2.44. The maximum Gasteiger partial charge on any atom is 0.274 e. The predicted molar refractivity (Wildman–Crippen MR) is 76.9 cm³/mol. The largest absolute Gasteiger partial charge is 0.333 e. The Bertz CT molecular complexity index is 586. The van der Waals surface area contributed by atoms with Crippen LogP contribution in [0.5, 0.6) is 0 Å². The Morgan fingerprint density at radius 1 is 1.43 bits per heavy atom. The number of carbonyl (C=O) groups excluding carboxylic acids is 2. The minimum absolute atomic E-state index is 0.0134. The number of nitrogens with zero attached hydrogens (tertiary/aromatic N) is 2. The normalized spacial score (nSPS) is 14.9. The lowest BCUT2D eigenvalue weighted by Gasteiger charge is -2.25. The van der Waals surface area contributed by atoms with Gasteiger partial charge in [-0.2, -0.15) is 0 Å². The topological polar surface area (TPSA) is 92.6 Å². The van der Waals surface area contributed by atoms with Crippen LogP contribution in [0.2, 0.25) is 0 Å². The van der Waals surface area contributed by atoms with Crippen LogP contribution in [-0.2, 0) is 9.59 Å². The highest BCUT2D eigenvalue weighted by atomic mass is 16.6. The first-order valence-electron chi connectivity index (χ1n) is 6.80. The highest BCUT2D eigenvalue weighted by Crippen LogP contribution is 2.22. The van der Waals surface area contributed by atoms with E-state index in [1.807, 2.05) is 0 Å². The molecule has 0 atom stereocenters. The zero-order valence-electron chi connectivity index (χ0n) is 11.8. The number of benzene rings is 1. The smallest absolute Gasteiger partial charge is 0.274 e. The number of nitrogens with one attached hydrogen (secondary N) is 1. The second-order valence-electron chi connectivity index (χ2n) is 5.08. The van der Waals surface area contributed by atoms with Crippen molar-refractivity contribution >= 4 is 23.2 Å². The highest BCUT2D eigenvalue weighted by molar-refractivity contribution is 5.94. The highest BCUT2D eigenvalue weighted by Gasteiger charge is 2.20. The van der Waals surface area contributed by atoms with Gasteiger partial charge in [-0.1, -0.05) is 6.07 Å². The molecule has 1 aromatic carbocycles. The molecular formula is C14H17N3O4. The number of nitro benzene ring substituents is 1. The second-order valence-corrected chi connectivity index (χ2v) is 5.08. The van der Waals surface area contributed by atoms with Crippen molar-refractivity contribution in [3.63, 3.8) is 0 Å². The van der Waals surface area contributed by atoms with Gasteiger partial charge in [-0.3, -0.25) is 19.7 Å². The average molecular weight is 291 g/mol. The Balaban J connectivity index is 2.01. The Kier molecular flexibility index (Phi) is 4.52. The first-order valence-corrected chi connectivity index (χ1v) is 6.80. The molecule has 0 spiro atoms.